The molecule has 0 spiro atoms. The number of nitrogens with zero attached hydrogens (tertiary/aromatic N) is 1. The van der Waals surface area contributed by atoms with E-state index in [0.717, 1.165) is 18.2 Å². The van der Waals surface area contributed by atoms with Crippen LogP contribution in [-0.4, -0.2) is 21.9 Å². The number of halogens is 1. The minimum absolute atomic E-state index is 0.304. The standard InChI is InChI=1S/C12H13FN2O5/c1-12(2,11(17)18)6-10(16)14-8-5-7(13)3-4-9(8)15(19)20/h3-5H,6H2,1-2H3,(H,14,16)(H,17,18). The lowest BCUT2D eigenvalue weighted by Gasteiger charge is -2.18. The van der Waals surface area contributed by atoms with E-state index in [2.05, 4.69) is 5.32 Å². The van der Waals surface area contributed by atoms with Crippen molar-refractivity contribution in [1.29, 1.82) is 0 Å². The number of anilines is 1. The molecule has 0 aliphatic carbocycles. The second-order valence-electron chi connectivity index (χ2n) is 4.83. The first-order valence-corrected chi connectivity index (χ1v) is 5.60. The summed E-state index contributed by atoms with van der Waals surface area (Å²) < 4.78 is 13.1. The van der Waals surface area contributed by atoms with Crippen LogP contribution in [0.15, 0.2) is 18.2 Å². The van der Waals surface area contributed by atoms with Gasteiger partial charge in [-0.2, -0.15) is 0 Å². The molecule has 0 saturated carbocycles. The molecule has 0 atom stereocenters. The van der Waals surface area contributed by atoms with E-state index in [9.17, 15) is 24.1 Å². The van der Waals surface area contributed by atoms with Crippen molar-refractivity contribution in [3.05, 3.63) is 34.1 Å². The SMILES string of the molecule is CC(C)(CC(=O)Nc1cc(F)ccc1[N+](=O)[O-])C(=O)O. The highest BCUT2D eigenvalue weighted by Gasteiger charge is 2.30. The Hall–Kier alpha value is -2.51. The number of carbonyl (C=O) groups is 2. The van der Waals surface area contributed by atoms with Crippen molar-refractivity contribution < 1.29 is 24.0 Å². The second-order valence-corrected chi connectivity index (χ2v) is 4.83. The van der Waals surface area contributed by atoms with Gasteiger partial charge in [-0.1, -0.05) is 0 Å². The number of carboxylic acids is 1. The van der Waals surface area contributed by atoms with Crippen LogP contribution < -0.4 is 5.32 Å². The Morgan fingerprint density at radius 3 is 2.55 bits per heavy atom. The summed E-state index contributed by atoms with van der Waals surface area (Å²) in [7, 11) is 0. The summed E-state index contributed by atoms with van der Waals surface area (Å²) in [5, 5.41) is 21.8. The molecular formula is C12H13FN2O5. The summed E-state index contributed by atoms with van der Waals surface area (Å²) >= 11 is 0. The van der Waals surface area contributed by atoms with Crippen molar-refractivity contribution in [2.45, 2.75) is 20.3 Å². The maximum absolute atomic E-state index is 13.1. The van der Waals surface area contributed by atoms with E-state index in [0.29, 0.717) is 0 Å². The molecule has 0 fully saturated rings. The molecule has 1 aromatic carbocycles. The molecule has 8 heteroatoms. The fourth-order valence-corrected chi connectivity index (χ4v) is 1.44. The molecule has 1 amide bonds. The van der Waals surface area contributed by atoms with Crippen LogP contribution in [0.5, 0.6) is 0 Å². The Labute approximate surface area is 113 Å². The van der Waals surface area contributed by atoms with Gasteiger partial charge in [0.05, 0.1) is 10.3 Å². The molecule has 20 heavy (non-hydrogen) atoms. The van der Waals surface area contributed by atoms with Crippen LogP contribution in [0.25, 0.3) is 0 Å². The molecule has 2 N–H and O–H groups in total. The minimum atomic E-state index is -1.33. The van der Waals surface area contributed by atoms with Crippen LogP contribution in [0.1, 0.15) is 20.3 Å². The highest BCUT2D eigenvalue weighted by Crippen LogP contribution is 2.27. The number of carboxylic acid groups (broad SMARTS) is 1. The molecule has 108 valence electrons. The van der Waals surface area contributed by atoms with Gasteiger partial charge in [0.1, 0.15) is 11.5 Å². The van der Waals surface area contributed by atoms with Crippen LogP contribution in [0, 0.1) is 21.3 Å². The van der Waals surface area contributed by atoms with Gasteiger partial charge in [-0.3, -0.25) is 19.7 Å². The van der Waals surface area contributed by atoms with E-state index in [-0.39, 0.29) is 5.69 Å². The Morgan fingerprint density at radius 2 is 2.05 bits per heavy atom. The van der Waals surface area contributed by atoms with Crippen molar-refractivity contribution in [1.82, 2.24) is 0 Å². The van der Waals surface area contributed by atoms with Crippen LogP contribution in [0.4, 0.5) is 15.8 Å². The molecule has 1 aromatic rings. The van der Waals surface area contributed by atoms with Gasteiger partial charge in [-0.25, -0.2) is 4.39 Å². The molecule has 0 heterocycles. The third-order valence-corrected chi connectivity index (χ3v) is 2.61. The monoisotopic (exact) mass is 284 g/mol. The highest BCUT2D eigenvalue weighted by molar-refractivity contribution is 5.95. The molecule has 0 aliphatic heterocycles. The Bertz CT molecular complexity index is 571. The first-order chi connectivity index (χ1) is 9.13. The van der Waals surface area contributed by atoms with Crippen LogP contribution >= 0.6 is 0 Å². The lowest BCUT2D eigenvalue weighted by Crippen LogP contribution is -2.29. The molecule has 0 bridgehead atoms. The molecule has 1 rings (SSSR count). The maximum atomic E-state index is 13.1. The van der Waals surface area contributed by atoms with Crippen LogP contribution in [0.3, 0.4) is 0 Å². The van der Waals surface area contributed by atoms with Crippen LogP contribution in [0.2, 0.25) is 0 Å². The smallest absolute Gasteiger partial charge is 0.309 e. The number of benzene rings is 1. The summed E-state index contributed by atoms with van der Waals surface area (Å²) in [4.78, 5) is 32.6. The number of nitro benzene ring substituents is 1. The van der Waals surface area contributed by atoms with Gasteiger partial charge in [0.25, 0.3) is 5.69 Å². The van der Waals surface area contributed by atoms with E-state index in [1.165, 1.54) is 13.8 Å². The first kappa shape index (κ1) is 15.5. The third-order valence-electron chi connectivity index (χ3n) is 2.61. The summed E-state index contributed by atoms with van der Waals surface area (Å²) in [5.74, 6) is -2.67. The third kappa shape index (κ3) is 3.74. The van der Waals surface area contributed by atoms with Gasteiger partial charge in [0.15, 0.2) is 0 Å². The topological polar surface area (TPSA) is 110 Å². The average molecular weight is 284 g/mol. The zero-order chi connectivity index (χ0) is 15.5. The van der Waals surface area contributed by atoms with Gasteiger partial charge in [0.2, 0.25) is 5.91 Å². The molecule has 0 aromatic heterocycles. The summed E-state index contributed by atoms with van der Waals surface area (Å²) in [5.41, 5.74) is -2.10. The Morgan fingerprint density at radius 1 is 1.45 bits per heavy atom. The zero-order valence-corrected chi connectivity index (χ0v) is 10.8. The Kier molecular flexibility index (Phi) is 4.38. The summed E-state index contributed by atoms with van der Waals surface area (Å²) in [6, 6.07) is 2.63. The lowest BCUT2D eigenvalue weighted by molar-refractivity contribution is -0.384. The number of carbonyl (C=O) groups excluding carboxylic acids is 1. The van der Waals surface area contributed by atoms with Gasteiger partial charge >= 0.3 is 5.97 Å². The van der Waals surface area contributed by atoms with Crippen molar-refractivity contribution in [2.24, 2.45) is 5.41 Å². The molecular weight excluding hydrogens is 271 g/mol. The molecule has 0 radical (unpaired) electrons. The maximum Gasteiger partial charge on any atom is 0.309 e. The van der Waals surface area contributed by atoms with Gasteiger partial charge in [-0.15, -0.1) is 0 Å². The van der Waals surface area contributed by atoms with E-state index in [4.69, 9.17) is 5.11 Å². The minimum Gasteiger partial charge on any atom is -0.481 e. The number of hydrogen-bond donors (Lipinski definition) is 2. The van der Waals surface area contributed by atoms with Crippen molar-refractivity contribution in [3.63, 3.8) is 0 Å². The van der Waals surface area contributed by atoms with E-state index in [1.807, 2.05) is 0 Å². The first-order valence-electron chi connectivity index (χ1n) is 5.60. The van der Waals surface area contributed by atoms with Crippen LogP contribution in [-0.2, 0) is 9.59 Å². The number of hydrogen-bond acceptors (Lipinski definition) is 4. The molecule has 0 aliphatic rings. The van der Waals surface area contributed by atoms with Gasteiger partial charge in [-0.05, 0) is 19.9 Å². The number of nitrogens with one attached hydrogen (secondary N) is 1. The van der Waals surface area contributed by atoms with E-state index < -0.39 is 40.1 Å². The van der Waals surface area contributed by atoms with Crippen molar-refractivity contribution >= 4 is 23.3 Å². The largest absolute Gasteiger partial charge is 0.481 e. The predicted octanol–water partition coefficient (Wildman–Crippen LogP) is 2.17. The van der Waals surface area contributed by atoms with E-state index >= 15 is 0 Å². The number of aliphatic carboxylic acids is 1. The number of rotatable bonds is 5. The van der Waals surface area contributed by atoms with Gasteiger partial charge < -0.3 is 10.4 Å². The number of amides is 1. The second kappa shape index (κ2) is 5.64. The quantitative estimate of drug-likeness (QED) is 0.636. The highest BCUT2D eigenvalue weighted by atomic mass is 19.1. The van der Waals surface area contributed by atoms with Gasteiger partial charge in [0, 0.05) is 18.6 Å². The molecule has 0 saturated heterocycles. The van der Waals surface area contributed by atoms with Crippen molar-refractivity contribution in [2.75, 3.05) is 5.32 Å². The number of nitro groups is 1. The average Bonchev–Trinajstić information content (AvgIpc) is 2.27. The summed E-state index contributed by atoms with van der Waals surface area (Å²) in [6.45, 7) is 2.68. The molecule has 7 nitrogen and oxygen atoms in total. The summed E-state index contributed by atoms with van der Waals surface area (Å²) in [6.07, 6.45) is -0.393. The molecule has 0 unspecified atom stereocenters. The Balaban J connectivity index is 2.94. The lowest BCUT2D eigenvalue weighted by atomic mass is 9.89. The predicted molar refractivity (Wildman–Crippen MR) is 67.7 cm³/mol. The van der Waals surface area contributed by atoms with E-state index in [1.54, 1.807) is 0 Å². The van der Waals surface area contributed by atoms with Crippen molar-refractivity contribution in [3.8, 4) is 0 Å². The zero-order valence-electron chi connectivity index (χ0n) is 10.8. The fourth-order valence-electron chi connectivity index (χ4n) is 1.44. The fraction of sp³-hybridized carbons (Fsp3) is 0.333. The normalized spacial score (nSPS) is 10.9.